The van der Waals surface area contributed by atoms with Crippen LogP contribution in [0, 0.1) is 0 Å². The summed E-state index contributed by atoms with van der Waals surface area (Å²) in [7, 11) is 0. The Morgan fingerprint density at radius 2 is 2.20 bits per heavy atom. The lowest BCUT2D eigenvalue weighted by atomic mass is 10.1. The Bertz CT molecular complexity index is 361. The van der Waals surface area contributed by atoms with E-state index in [0.29, 0.717) is 11.8 Å². The lowest BCUT2D eigenvalue weighted by Crippen LogP contribution is -2.01. The topological polar surface area (TPSA) is 47.6 Å². The fourth-order valence-corrected chi connectivity index (χ4v) is 2.31. The van der Waals surface area contributed by atoms with Gasteiger partial charge in [-0.2, -0.15) is 0 Å². The third kappa shape index (κ3) is 2.45. The minimum Gasteiger partial charge on any atom is -0.494 e. The number of benzene rings is 1. The average molecular weight is 222 g/mol. The number of thioether (sulfide) groups is 1. The molecule has 3 nitrogen and oxygen atoms in total. The van der Waals surface area contributed by atoms with Gasteiger partial charge in [-0.15, -0.1) is 0 Å². The predicted molar refractivity (Wildman–Crippen MR) is 64.4 cm³/mol. The van der Waals surface area contributed by atoms with Crippen LogP contribution in [0.5, 0.6) is 5.75 Å². The minimum absolute atomic E-state index is 0.214. The molecule has 0 unspecified atom stereocenters. The zero-order valence-corrected chi connectivity index (χ0v) is 9.46. The monoisotopic (exact) mass is 222 g/mol. The van der Waals surface area contributed by atoms with Gasteiger partial charge in [0.05, 0.1) is 12.6 Å². The first kappa shape index (κ1) is 10.4. The van der Waals surface area contributed by atoms with Crippen LogP contribution in [-0.4, -0.2) is 17.5 Å². The molecule has 2 rings (SSSR count). The van der Waals surface area contributed by atoms with Crippen LogP contribution in [0.1, 0.15) is 18.5 Å². The van der Waals surface area contributed by atoms with E-state index >= 15 is 0 Å². The first-order valence-corrected chi connectivity index (χ1v) is 5.97. The van der Waals surface area contributed by atoms with E-state index in [1.165, 1.54) is 5.56 Å². The maximum Gasteiger partial charge on any atom is 0.154 e. The summed E-state index contributed by atoms with van der Waals surface area (Å²) >= 11 is 1.61. The zero-order chi connectivity index (χ0) is 10.7. The van der Waals surface area contributed by atoms with Crippen molar-refractivity contribution in [2.45, 2.75) is 13.0 Å². The smallest absolute Gasteiger partial charge is 0.154 e. The van der Waals surface area contributed by atoms with Gasteiger partial charge in [0.2, 0.25) is 0 Å². The van der Waals surface area contributed by atoms with E-state index < -0.39 is 0 Å². The number of nitrogens with zero attached hydrogens (tertiary/aromatic N) is 1. The largest absolute Gasteiger partial charge is 0.494 e. The number of rotatable bonds is 3. The third-order valence-electron chi connectivity index (χ3n) is 2.25. The van der Waals surface area contributed by atoms with E-state index in [4.69, 9.17) is 10.5 Å². The first-order chi connectivity index (χ1) is 7.29. The summed E-state index contributed by atoms with van der Waals surface area (Å²) in [6, 6.07) is 8.28. The molecule has 0 bridgehead atoms. The van der Waals surface area contributed by atoms with Gasteiger partial charge in [0, 0.05) is 5.75 Å². The molecule has 0 aliphatic carbocycles. The Kier molecular flexibility index (Phi) is 3.16. The summed E-state index contributed by atoms with van der Waals surface area (Å²) in [4.78, 5) is 4.35. The van der Waals surface area contributed by atoms with Gasteiger partial charge < -0.3 is 10.5 Å². The normalized spacial score (nSPS) is 20.1. The van der Waals surface area contributed by atoms with E-state index in [1.807, 2.05) is 19.1 Å². The summed E-state index contributed by atoms with van der Waals surface area (Å²) in [5.74, 6) is 1.85. The van der Waals surface area contributed by atoms with E-state index in [2.05, 4.69) is 17.1 Å². The molecule has 4 heteroatoms. The highest BCUT2D eigenvalue weighted by Crippen LogP contribution is 2.29. The summed E-state index contributed by atoms with van der Waals surface area (Å²) < 4.78 is 5.38. The highest BCUT2D eigenvalue weighted by molar-refractivity contribution is 8.14. The van der Waals surface area contributed by atoms with E-state index in [1.54, 1.807) is 11.8 Å². The van der Waals surface area contributed by atoms with Crippen LogP contribution < -0.4 is 10.5 Å². The van der Waals surface area contributed by atoms with Crippen LogP contribution in [0.3, 0.4) is 0 Å². The molecule has 1 aliphatic heterocycles. The Hall–Kier alpha value is -1.16. The number of amidine groups is 1. The molecule has 0 amide bonds. The molecule has 0 spiro atoms. The molecule has 80 valence electrons. The maximum absolute atomic E-state index is 5.63. The number of hydrogen-bond acceptors (Lipinski definition) is 4. The number of nitrogens with two attached hydrogens (primary N) is 1. The van der Waals surface area contributed by atoms with Crippen molar-refractivity contribution < 1.29 is 4.74 Å². The Morgan fingerprint density at radius 1 is 1.47 bits per heavy atom. The van der Waals surface area contributed by atoms with Crippen molar-refractivity contribution in [1.29, 1.82) is 0 Å². The molecule has 15 heavy (non-hydrogen) atoms. The molecule has 2 N–H and O–H groups in total. The Labute approximate surface area is 93.7 Å². The quantitative estimate of drug-likeness (QED) is 0.852. The lowest BCUT2D eigenvalue weighted by molar-refractivity contribution is 0.340. The second-order valence-electron chi connectivity index (χ2n) is 3.30. The van der Waals surface area contributed by atoms with Crippen LogP contribution in [0.25, 0.3) is 0 Å². The molecule has 1 aromatic carbocycles. The molecule has 0 aromatic heterocycles. The molecular weight excluding hydrogens is 208 g/mol. The third-order valence-corrected chi connectivity index (χ3v) is 3.13. The SMILES string of the molecule is CCOc1ccc([C@@H]2CSC(N)=N2)cc1. The molecule has 0 radical (unpaired) electrons. The van der Waals surface area contributed by atoms with Gasteiger partial charge in [0.25, 0.3) is 0 Å². The fourth-order valence-electron chi connectivity index (χ4n) is 1.52. The van der Waals surface area contributed by atoms with E-state index in [0.717, 1.165) is 11.5 Å². The van der Waals surface area contributed by atoms with Gasteiger partial charge in [-0.3, -0.25) is 4.99 Å². The van der Waals surface area contributed by atoms with Gasteiger partial charge in [0.1, 0.15) is 5.75 Å². The first-order valence-electron chi connectivity index (χ1n) is 4.98. The second kappa shape index (κ2) is 4.57. The van der Waals surface area contributed by atoms with Crippen molar-refractivity contribution in [2.24, 2.45) is 10.7 Å². The number of hydrogen-bond donors (Lipinski definition) is 1. The zero-order valence-electron chi connectivity index (χ0n) is 8.64. The van der Waals surface area contributed by atoms with Crippen LogP contribution >= 0.6 is 11.8 Å². The number of aliphatic imine (C=N–C) groups is 1. The van der Waals surface area contributed by atoms with Crippen molar-refractivity contribution in [3.05, 3.63) is 29.8 Å². The molecule has 1 aromatic rings. The van der Waals surface area contributed by atoms with Crippen molar-refractivity contribution in [3.8, 4) is 5.75 Å². The highest BCUT2D eigenvalue weighted by Gasteiger charge is 2.17. The summed E-state index contributed by atoms with van der Waals surface area (Å²) in [5.41, 5.74) is 6.83. The highest BCUT2D eigenvalue weighted by atomic mass is 32.2. The van der Waals surface area contributed by atoms with Crippen LogP contribution in [-0.2, 0) is 0 Å². The van der Waals surface area contributed by atoms with Crippen LogP contribution in [0.2, 0.25) is 0 Å². The van der Waals surface area contributed by atoms with E-state index in [9.17, 15) is 0 Å². The minimum atomic E-state index is 0.214. The molecular formula is C11H14N2OS. The molecule has 1 atom stereocenters. The van der Waals surface area contributed by atoms with Gasteiger partial charge in [-0.1, -0.05) is 23.9 Å². The molecule has 1 aliphatic rings. The molecule has 0 fully saturated rings. The summed E-state index contributed by atoms with van der Waals surface area (Å²) in [6.07, 6.45) is 0. The van der Waals surface area contributed by atoms with Gasteiger partial charge in [-0.05, 0) is 24.6 Å². The van der Waals surface area contributed by atoms with Crippen LogP contribution in [0.15, 0.2) is 29.3 Å². The van der Waals surface area contributed by atoms with Crippen molar-refractivity contribution in [1.82, 2.24) is 0 Å². The maximum atomic E-state index is 5.63. The molecule has 0 saturated heterocycles. The molecule has 0 saturated carbocycles. The van der Waals surface area contributed by atoms with Gasteiger partial charge in [-0.25, -0.2) is 0 Å². The van der Waals surface area contributed by atoms with Crippen LogP contribution in [0.4, 0.5) is 0 Å². The summed E-state index contributed by atoms with van der Waals surface area (Å²) in [5, 5.41) is 0.689. The van der Waals surface area contributed by atoms with Gasteiger partial charge >= 0.3 is 0 Å². The van der Waals surface area contributed by atoms with Crippen molar-refractivity contribution in [3.63, 3.8) is 0 Å². The standard InChI is InChI=1S/C11H14N2OS/c1-2-14-9-5-3-8(4-6-9)10-7-15-11(12)13-10/h3-6,10H,2,7H2,1H3,(H2,12,13)/t10-/m0/s1. The van der Waals surface area contributed by atoms with Crippen molar-refractivity contribution in [2.75, 3.05) is 12.4 Å². The lowest BCUT2D eigenvalue weighted by Gasteiger charge is -2.07. The predicted octanol–water partition coefficient (Wildman–Crippen LogP) is 2.19. The summed E-state index contributed by atoms with van der Waals surface area (Å²) in [6.45, 7) is 2.68. The van der Waals surface area contributed by atoms with Gasteiger partial charge in [0.15, 0.2) is 5.17 Å². The van der Waals surface area contributed by atoms with E-state index in [-0.39, 0.29) is 6.04 Å². The average Bonchev–Trinajstić information content (AvgIpc) is 2.67. The number of ether oxygens (including phenoxy) is 1. The molecule has 1 heterocycles. The Morgan fingerprint density at radius 3 is 2.73 bits per heavy atom. The second-order valence-corrected chi connectivity index (χ2v) is 4.34. The fraction of sp³-hybridized carbons (Fsp3) is 0.364. The van der Waals surface area contributed by atoms with Crippen molar-refractivity contribution >= 4 is 16.9 Å². The Balaban J connectivity index is 2.10.